The molecule has 0 saturated carbocycles. The summed E-state index contributed by atoms with van der Waals surface area (Å²) in [6.07, 6.45) is 1.03. The summed E-state index contributed by atoms with van der Waals surface area (Å²) in [6, 6.07) is 18.4. The molecule has 1 heterocycles. The Morgan fingerprint density at radius 1 is 1.10 bits per heavy atom. The van der Waals surface area contributed by atoms with Gasteiger partial charge in [0.1, 0.15) is 0 Å². The van der Waals surface area contributed by atoms with Crippen molar-refractivity contribution in [3.05, 3.63) is 65.7 Å². The molecule has 1 aliphatic heterocycles. The molecule has 1 aliphatic rings. The number of para-hydroxylation sites is 1. The molecule has 3 nitrogen and oxygen atoms in total. The molecule has 0 spiro atoms. The molecule has 2 aromatic rings. The molecule has 0 aromatic heterocycles. The predicted molar refractivity (Wildman–Crippen MR) is 80.9 cm³/mol. The van der Waals surface area contributed by atoms with Gasteiger partial charge in [0, 0.05) is 12.2 Å². The lowest BCUT2D eigenvalue weighted by molar-refractivity contribution is 0.251. The molecule has 1 atom stereocenters. The lowest BCUT2D eigenvalue weighted by Gasteiger charge is -2.23. The number of anilines is 1. The number of urea groups is 1. The average molecular weight is 266 g/mol. The Hall–Kier alpha value is -2.29. The van der Waals surface area contributed by atoms with Crippen LogP contribution in [0, 0.1) is 0 Å². The maximum absolute atomic E-state index is 12.1. The second kappa shape index (κ2) is 5.37. The Labute approximate surface area is 119 Å². The van der Waals surface area contributed by atoms with Gasteiger partial charge in [-0.1, -0.05) is 49.4 Å². The summed E-state index contributed by atoms with van der Waals surface area (Å²) in [4.78, 5) is 13.9. The molecule has 20 heavy (non-hydrogen) atoms. The topological polar surface area (TPSA) is 32.3 Å². The third kappa shape index (κ3) is 2.27. The van der Waals surface area contributed by atoms with E-state index in [0.717, 1.165) is 12.1 Å². The van der Waals surface area contributed by atoms with Crippen molar-refractivity contribution in [2.24, 2.45) is 0 Å². The highest BCUT2D eigenvalue weighted by Crippen LogP contribution is 2.30. The number of nitrogens with zero attached hydrogens (tertiary/aromatic N) is 1. The van der Waals surface area contributed by atoms with E-state index in [1.54, 1.807) is 0 Å². The summed E-state index contributed by atoms with van der Waals surface area (Å²) in [5.41, 5.74) is 3.42. The standard InChI is InChI=1S/C17H18N2O/c1-2-13-8-10-14(11-9-13)16-12-18-17(20)19(16)15-6-4-3-5-7-15/h3-11,16H,2,12H2,1H3,(H,18,20). The number of amides is 2. The summed E-state index contributed by atoms with van der Waals surface area (Å²) in [6.45, 7) is 2.80. The zero-order valence-electron chi connectivity index (χ0n) is 11.5. The third-order valence-electron chi connectivity index (χ3n) is 3.78. The van der Waals surface area contributed by atoms with Gasteiger partial charge in [0.05, 0.1) is 6.04 Å². The molecule has 0 aliphatic carbocycles. The van der Waals surface area contributed by atoms with E-state index in [9.17, 15) is 4.79 Å². The van der Waals surface area contributed by atoms with Crippen molar-refractivity contribution >= 4 is 11.7 Å². The normalized spacial score (nSPS) is 18.1. The highest BCUT2D eigenvalue weighted by molar-refractivity contribution is 5.95. The first-order valence-corrected chi connectivity index (χ1v) is 7.00. The fraction of sp³-hybridized carbons (Fsp3) is 0.235. The van der Waals surface area contributed by atoms with Crippen molar-refractivity contribution in [1.82, 2.24) is 5.32 Å². The van der Waals surface area contributed by atoms with Gasteiger partial charge < -0.3 is 5.32 Å². The molecule has 102 valence electrons. The molecule has 1 fully saturated rings. The van der Waals surface area contributed by atoms with Gasteiger partial charge in [0.15, 0.2) is 0 Å². The van der Waals surface area contributed by atoms with E-state index < -0.39 is 0 Å². The molecular formula is C17H18N2O. The first-order valence-electron chi connectivity index (χ1n) is 7.00. The van der Waals surface area contributed by atoms with Crippen molar-refractivity contribution < 1.29 is 4.79 Å². The average Bonchev–Trinajstić information content (AvgIpc) is 2.90. The molecule has 0 radical (unpaired) electrons. The minimum Gasteiger partial charge on any atom is -0.335 e. The van der Waals surface area contributed by atoms with E-state index in [1.165, 1.54) is 11.1 Å². The van der Waals surface area contributed by atoms with Gasteiger partial charge in [-0.15, -0.1) is 0 Å². The monoisotopic (exact) mass is 266 g/mol. The van der Waals surface area contributed by atoms with Crippen LogP contribution in [-0.2, 0) is 6.42 Å². The molecule has 1 unspecified atom stereocenters. The molecule has 3 heteroatoms. The Balaban J connectivity index is 1.93. The molecule has 2 amide bonds. The lowest BCUT2D eigenvalue weighted by Crippen LogP contribution is -2.29. The summed E-state index contributed by atoms with van der Waals surface area (Å²) in [5.74, 6) is 0. The van der Waals surface area contributed by atoms with Crippen molar-refractivity contribution in [2.45, 2.75) is 19.4 Å². The van der Waals surface area contributed by atoms with Gasteiger partial charge in [-0.3, -0.25) is 4.90 Å². The lowest BCUT2D eigenvalue weighted by atomic mass is 10.0. The zero-order chi connectivity index (χ0) is 13.9. The summed E-state index contributed by atoms with van der Waals surface area (Å²) in [7, 11) is 0. The largest absolute Gasteiger partial charge is 0.335 e. The fourth-order valence-corrected chi connectivity index (χ4v) is 2.63. The molecule has 3 rings (SSSR count). The zero-order valence-corrected chi connectivity index (χ0v) is 11.5. The number of hydrogen-bond donors (Lipinski definition) is 1. The molecule has 0 bridgehead atoms. The van der Waals surface area contributed by atoms with Gasteiger partial charge in [0.2, 0.25) is 0 Å². The smallest absolute Gasteiger partial charge is 0.322 e. The van der Waals surface area contributed by atoms with Crippen LogP contribution in [0.25, 0.3) is 0 Å². The van der Waals surface area contributed by atoms with Gasteiger partial charge in [-0.2, -0.15) is 0 Å². The number of aryl methyl sites for hydroxylation is 1. The van der Waals surface area contributed by atoms with E-state index in [2.05, 4.69) is 36.5 Å². The van der Waals surface area contributed by atoms with Crippen LogP contribution < -0.4 is 10.2 Å². The maximum Gasteiger partial charge on any atom is 0.322 e. The Morgan fingerprint density at radius 3 is 2.45 bits per heavy atom. The number of carbonyl (C=O) groups excluding carboxylic acids is 1. The van der Waals surface area contributed by atoms with Gasteiger partial charge >= 0.3 is 6.03 Å². The van der Waals surface area contributed by atoms with Crippen LogP contribution >= 0.6 is 0 Å². The second-order valence-corrected chi connectivity index (χ2v) is 5.00. The van der Waals surface area contributed by atoms with Crippen LogP contribution in [-0.4, -0.2) is 12.6 Å². The van der Waals surface area contributed by atoms with Crippen LogP contribution in [0.5, 0.6) is 0 Å². The van der Waals surface area contributed by atoms with E-state index in [0.29, 0.717) is 6.54 Å². The Morgan fingerprint density at radius 2 is 1.80 bits per heavy atom. The number of hydrogen-bond acceptors (Lipinski definition) is 1. The summed E-state index contributed by atoms with van der Waals surface area (Å²) < 4.78 is 0. The van der Waals surface area contributed by atoms with Gasteiger partial charge in [-0.25, -0.2) is 4.79 Å². The first-order chi connectivity index (χ1) is 9.79. The van der Waals surface area contributed by atoms with Crippen molar-refractivity contribution in [2.75, 3.05) is 11.4 Å². The molecular weight excluding hydrogens is 248 g/mol. The van der Waals surface area contributed by atoms with Crippen molar-refractivity contribution in [1.29, 1.82) is 0 Å². The fourth-order valence-electron chi connectivity index (χ4n) is 2.63. The summed E-state index contributed by atoms with van der Waals surface area (Å²) in [5, 5.41) is 2.93. The number of nitrogens with one attached hydrogen (secondary N) is 1. The van der Waals surface area contributed by atoms with Crippen molar-refractivity contribution in [3.8, 4) is 0 Å². The second-order valence-electron chi connectivity index (χ2n) is 5.00. The molecule has 1 saturated heterocycles. The van der Waals surface area contributed by atoms with Crippen molar-refractivity contribution in [3.63, 3.8) is 0 Å². The Bertz CT molecular complexity index is 592. The summed E-state index contributed by atoms with van der Waals surface area (Å²) >= 11 is 0. The SMILES string of the molecule is CCc1ccc(C2CNC(=O)N2c2ccccc2)cc1. The number of rotatable bonds is 3. The van der Waals surface area contributed by atoms with Gasteiger partial charge in [0.25, 0.3) is 0 Å². The highest BCUT2D eigenvalue weighted by Gasteiger charge is 2.32. The number of carbonyl (C=O) groups is 1. The van der Waals surface area contributed by atoms with E-state index in [1.807, 2.05) is 35.2 Å². The Kier molecular flexibility index (Phi) is 3.42. The van der Waals surface area contributed by atoms with E-state index in [-0.39, 0.29) is 12.1 Å². The van der Waals surface area contributed by atoms with Gasteiger partial charge in [-0.05, 0) is 29.7 Å². The third-order valence-corrected chi connectivity index (χ3v) is 3.78. The quantitative estimate of drug-likeness (QED) is 0.905. The van der Waals surface area contributed by atoms with E-state index in [4.69, 9.17) is 0 Å². The van der Waals surface area contributed by atoms with Crippen LogP contribution in [0.3, 0.4) is 0 Å². The van der Waals surface area contributed by atoms with Crippen LogP contribution in [0.2, 0.25) is 0 Å². The maximum atomic E-state index is 12.1. The predicted octanol–water partition coefficient (Wildman–Crippen LogP) is 3.52. The first kappa shape index (κ1) is 12.7. The molecule has 2 aromatic carbocycles. The molecule has 1 N–H and O–H groups in total. The highest BCUT2D eigenvalue weighted by atomic mass is 16.2. The van der Waals surface area contributed by atoms with Crippen LogP contribution in [0.4, 0.5) is 10.5 Å². The minimum absolute atomic E-state index is 0.0271. The number of benzene rings is 2. The van der Waals surface area contributed by atoms with Crippen LogP contribution in [0.1, 0.15) is 24.1 Å². The minimum atomic E-state index is -0.0271. The van der Waals surface area contributed by atoms with E-state index >= 15 is 0 Å². The van der Waals surface area contributed by atoms with Crippen LogP contribution in [0.15, 0.2) is 54.6 Å².